The van der Waals surface area contributed by atoms with Gasteiger partial charge in [0.15, 0.2) is 5.96 Å². The second kappa shape index (κ2) is 12.3. The van der Waals surface area contributed by atoms with Crippen molar-refractivity contribution in [3.8, 4) is 5.75 Å². The van der Waals surface area contributed by atoms with Gasteiger partial charge in [0.25, 0.3) is 0 Å². The Morgan fingerprint density at radius 2 is 2.17 bits per heavy atom. The van der Waals surface area contributed by atoms with Gasteiger partial charge in [-0.1, -0.05) is 18.2 Å². The molecule has 1 heterocycles. The molecule has 1 aromatic carbocycles. The fourth-order valence-corrected chi connectivity index (χ4v) is 2.42. The summed E-state index contributed by atoms with van der Waals surface area (Å²) in [6.07, 6.45) is 2.22. The van der Waals surface area contributed by atoms with Gasteiger partial charge in [-0.3, -0.25) is 4.99 Å². The first-order valence-electron chi connectivity index (χ1n) is 8.09. The third kappa shape index (κ3) is 7.23. The molecular formula is C17H28IN3O3. The van der Waals surface area contributed by atoms with Crippen LogP contribution >= 0.6 is 24.0 Å². The Kier molecular flexibility index (Phi) is 10.8. The summed E-state index contributed by atoms with van der Waals surface area (Å²) in [6.45, 7) is 3.78. The van der Waals surface area contributed by atoms with E-state index in [-0.39, 0.29) is 30.1 Å². The maximum atomic E-state index is 5.74. The first-order chi connectivity index (χ1) is 11.3. The van der Waals surface area contributed by atoms with E-state index >= 15 is 0 Å². The molecule has 136 valence electrons. The van der Waals surface area contributed by atoms with E-state index in [4.69, 9.17) is 14.2 Å². The summed E-state index contributed by atoms with van der Waals surface area (Å²) in [5, 5.41) is 6.58. The van der Waals surface area contributed by atoms with Crippen LogP contribution in [0.5, 0.6) is 5.75 Å². The van der Waals surface area contributed by atoms with Crippen LogP contribution in [-0.4, -0.2) is 52.6 Å². The van der Waals surface area contributed by atoms with Crippen molar-refractivity contribution >= 4 is 29.9 Å². The van der Waals surface area contributed by atoms with Crippen molar-refractivity contribution in [2.75, 3.05) is 40.5 Å². The Balaban J connectivity index is 0.00000288. The van der Waals surface area contributed by atoms with Crippen molar-refractivity contribution in [1.29, 1.82) is 0 Å². The average molecular weight is 449 g/mol. The molecule has 0 saturated carbocycles. The van der Waals surface area contributed by atoms with Crippen LogP contribution in [-0.2, 0) is 16.0 Å². The third-order valence-electron chi connectivity index (χ3n) is 3.72. The Bertz CT molecular complexity index is 494. The first-order valence-corrected chi connectivity index (χ1v) is 8.09. The number of benzene rings is 1. The number of para-hydroxylation sites is 1. The normalized spacial score (nSPS) is 17.2. The molecule has 2 N–H and O–H groups in total. The van der Waals surface area contributed by atoms with E-state index in [1.807, 2.05) is 24.3 Å². The maximum absolute atomic E-state index is 5.74. The Morgan fingerprint density at radius 3 is 2.88 bits per heavy atom. The van der Waals surface area contributed by atoms with Gasteiger partial charge in [-0.15, -0.1) is 24.0 Å². The van der Waals surface area contributed by atoms with Crippen LogP contribution in [0.25, 0.3) is 0 Å². The highest BCUT2D eigenvalue weighted by molar-refractivity contribution is 14.0. The predicted molar refractivity (Wildman–Crippen MR) is 106 cm³/mol. The highest BCUT2D eigenvalue weighted by Crippen LogP contribution is 2.16. The average Bonchev–Trinajstić information content (AvgIpc) is 3.11. The molecule has 1 atom stereocenters. The van der Waals surface area contributed by atoms with Crippen LogP contribution < -0.4 is 15.4 Å². The lowest BCUT2D eigenvalue weighted by molar-refractivity contribution is 0.0420. The zero-order valence-electron chi connectivity index (χ0n) is 14.4. The second-order valence-electron chi connectivity index (χ2n) is 5.37. The molecular weight excluding hydrogens is 421 g/mol. The lowest BCUT2D eigenvalue weighted by Gasteiger charge is -2.14. The molecule has 0 aliphatic carbocycles. The molecule has 2 rings (SSSR count). The number of nitrogens with one attached hydrogen (secondary N) is 2. The molecule has 0 spiro atoms. The molecule has 0 bridgehead atoms. The van der Waals surface area contributed by atoms with Crippen molar-refractivity contribution in [3.05, 3.63) is 29.8 Å². The molecule has 1 fully saturated rings. The zero-order chi connectivity index (χ0) is 16.3. The molecule has 1 aliphatic heterocycles. The van der Waals surface area contributed by atoms with E-state index in [1.54, 1.807) is 14.2 Å². The SMILES string of the molecule is CN=C(NCCCOC1CCOC1)NCc1ccccc1OC.I. The maximum Gasteiger partial charge on any atom is 0.191 e. The van der Waals surface area contributed by atoms with Gasteiger partial charge in [-0.25, -0.2) is 0 Å². The summed E-state index contributed by atoms with van der Waals surface area (Å²) >= 11 is 0. The van der Waals surface area contributed by atoms with Gasteiger partial charge in [0.05, 0.1) is 19.8 Å². The predicted octanol–water partition coefficient (Wildman–Crippen LogP) is 2.17. The Morgan fingerprint density at radius 1 is 1.33 bits per heavy atom. The van der Waals surface area contributed by atoms with Crippen molar-refractivity contribution in [1.82, 2.24) is 10.6 Å². The van der Waals surface area contributed by atoms with Crippen LogP contribution in [0.3, 0.4) is 0 Å². The fourth-order valence-electron chi connectivity index (χ4n) is 2.42. The minimum atomic E-state index is 0. The molecule has 0 aromatic heterocycles. The van der Waals surface area contributed by atoms with E-state index in [1.165, 1.54) is 0 Å². The van der Waals surface area contributed by atoms with Gasteiger partial charge in [0.2, 0.25) is 0 Å². The number of rotatable bonds is 8. The van der Waals surface area contributed by atoms with Crippen molar-refractivity contribution < 1.29 is 14.2 Å². The van der Waals surface area contributed by atoms with Gasteiger partial charge < -0.3 is 24.8 Å². The van der Waals surface area contributed by atoms with E-state index in [0.717, 1.165) is 56.5 Å². The van der Waals surface area contributed by atoms with Crippen LogP contribution in [0.2, 0.25) is 0 Å². The van der Waals surface area contributed by atoms with Crippen LogP contribution in [0.15, 0.2) is 29.3 Å². The summed E-state index contributed by atoms with van der Waals surface area (Å²) < 4.78 is 16.4. The molecule has 1 saturated heterocycles. The molecule has 0 amide bonds. The smallest absolute Gasteiger partial charge is 0.191 e. The highest BCUT2D eigenvalue weighted by Gasteiger charge is 2.15. The van der Waals surface area contributed by atoms with Gasteiger partial charge >= 0.3 is 0 Å². The molecule has 1 aliphatic rings. The highest BCUT2D eigenvalue weighted by atomic mass is 127. The number of nitrogens with zero attached hydrogens (tertiary/aromatic N) is 1. The summed E-state index contributed by atoms with van der Waals surface area (Å²) in [6, 6.07) is 7.96. The van der Waals surface area contributed by atoms with E-state index < -0.39 is 0 Å². The minimum Gasteiger partial charge on any atom is -0.496 e. The number of halogens is 1. The Hall–Kier alpha value is -1.06. The largest absolute Gasteiger partial charge is 0.496 e. The number of ether oxygens (including phenoxy) is 3. The van der Waals surface area contributed by atoms with Gasteiger partial charge in [-0.05, 0) is 18.9 Å². The van der Waals surface area contributed by atoms with E-state index in [2.05, 4.69) is 15.6 Å². The van der Waals surface area contributed by atoms with E-state index in [0.29, 0.717) is 6.54 Å². The second-order valence-corrected chi connectivity index (χ2v) is 5.37. The van der Waals surface area contributed by atoms with Crippen LogP contribution in [0.4, 0.5) is 0 Å². The standard InChI is InChI=1S/C17H27N3O3.HI/c1-18-17(19-9-5-10-23-15-8-11-22-13-15)20-12-14-6-3-4-7-16(14)21-2;/h3-4,6-7,15H,5,8-13H2,1-2H3,(H2,18,19,20);1H. The number of hydrogen-bond acceptors (Lipinski definition) is 4. The number of aliphatic imine (C=N–C) groups is 1. The molecule has 1 aromatic rings. The molecule has 7 heteroatoms. The van der Waals surface area contributed by atoms with Gasteiger partial charge in [-0.2, -0.15) is 0 Å². The van der Waals surface area contributed by atoms with Gasteiger partial charge in [0.1, 0.15) is 5.75 Å². The summed E-state index contributed by atoms with van der Waals surface area (Å²) in [4.78, 5) is 4.23. The zero-order valence-corrected chi connectivity index (χ0v) is 16.7. The number of guanidine groups is 1. The van der Waals surface area contributed by atoms with Crippen molar-refractivity contribution in [3.63, 3.8) is 0 Å². The number of methoxy groups -OCH3 is 1. The van der Waals surface area contributed by atoms with E-state index in [9.17, 15) is 0 Å². The summed E-state index contributed by atoms with van der Waals surface area (Å²) in [5.74, 6) is 1.66. The lowest BCUT2D eigenvalue weighted by Crippen LogP contribution is -2.37. The Labute approximate surface area is 161 Å². The van der Waals surface area contributed by atoms with Crippen molar-refractivity contribution in [2.45, 2.75) is 25.5 Å². The minimum absolute atomic E-state index is 0. The first kappa shape index (κ1) is 21.0. The molecule has 24 heavy (non-hydrogen) atoms. The summed E-state index contributed by atoms with van der Waals surface area (Å²) in [5.41, 5.74) is 1.10. The number of hydrogen-bond donors (Lipinski definition) is 2. The summed E-state index contributed by atoms with van der Waals surface area (Å²) in [7, 11) is 3.45. The molecule has 6 nitrogen and oxygen atoms in total. The third-order valence-corrected chi connectivity index (χ3v) is 3.72. The topological polar surface area (TPSA) is 64.1 Å². The fraction of sp³-hybridized carbons (Fsp3) is 0.588. The van der Waals surface area contributed by atoms with Crippen LogP contribution in [0.1, 0.15) is 18.4 Å². The van der Waals surface area contributed by atoms with Crippen molar-refractivity contribution in [2.24, 2.45) is 4.99 Å². The lowest BCUT2D eigenvalue weighted by atomic mass is 10.2. The quantitative estimate of drug-likeness (QED) is 0.276. The molecule has 0 radical (unpaired) electrons. The van der Waals surface area contributed by atoms with Crippen LogP contribution in [0, 0.1) is 0 Å². The monoisotopic (exact) mass is 449 g/mol. The molecule has 1 unspecified atom stereocenters. The van der Waals surface area contributed by atoms with Gasteiger partial charge in [0, 0.05) is 38.9 Å².